The number of ether oxygens (including phenoxy) is 1. The molecule has 18 heavy (non-hydrogen) atoms. The Bertz CT molecular complexity index is 545. The molecule has 0 spiro atoms. The Morgan fingerprint density at radius 3 is 3.11 bits per heavy atom. The SMILES string of the molecule is Cc1cccc2ccc(C3CCOCCN3)nc12. The standard InChI is InChI=1S/C15H18N2O/c1-11-3-2-4-12-5-6-14(17-15(11)12)13-7-9-18-10-8-16-13/h2-6,13,16H,7-10H2,1H3. The van der Waals surface area contributed by atoms with E-state index in [0.717, 1.165) is 37.4 Å². The van der Waals surface area contributed by atoms with E-state index >= 15 is 0 Å². The molecular weight excluding hydrogens is 224 g/mol. The van der Waals surface area contributed by atoms with Gasteiger partial charge < -0.3 is 10.1 Å². The van der Waals surface area contributed by atoms with E-state index < -0.39 is 0 Å². The van der Waals surface area contributed by atoms with Gasteiger partial charge in [0.05, 0.1) is 23.9 Å². The Labute approximate surface area is 107 Å². The summed E-state index contributed by atoms with van der Waals surface area (Å²) in [6.45, 7) is 4.62. The number of nitrogens with one attached hydrogen (secondary N) is 1. The Balaban J connectivity index is 1.99. The van der Waals surface area contributed by atoms with Crippen LogP contribution in [0.15, 0.2) is 30.3 Å². The number of para-hydroxylation sites is 1. The summed E-state index contributed by atoms with van der Waals surface area (Å²) in [5.41, 5.74) is 3.48. The number of hydrogen-bond donors (Lipinski definition) is 1. The van der Waals surface area contributed by atoms with Gasteiger partial charge in [0.25, 0.3) is 0 Å². The third-order valence-electron chi connectivity index (χ3n) is 3.49. The van der Waals surface area contributed by atoms with Crippen LogP contribution in [-0.4, -0.2) is 24.7 Å². The molecular formula is C15H18N2O. The lowest BCUT2D eigenvalue weighted by Gasteiger charge is -2.15. The fraction of sp³-hybridized carbons (Fsp3) is 0.400. The van der Waals surface area contributed by atoms with E-state index in [0.29, 0.717) is 6.04 Å². The highest BCUT2D eigenvalue weighted by molar-refractivity contribution is 5.81. The van der Waals surface area contributed by atoms with E-state index in [9.17, 15) is 0 Å². The normalized spacial score (nSPS) is 20.8. The molecule has 1 N–H and O–H groups in total. The molecule has 0 aliphatic carbocycles. The fourth-order valence-corrected chi connectivity index (χ4v) is 2.47. The Morgan fingerprint density at radius 2 is 2.17 bits per heavy atom. The van der Waals surface area contributed by atoms with Crippen molar-refractivity contribution in [1.29, 1.82) is 0 Å². The van der Waals surface area contributed by atoms with Gasteiger partial charge in [-0.1, -0.05) is 24.3 Å². The van der Waals surface area contributed by atoms with E-state index in [1.54, 1.807) is 0 Å². The lowest BCUT2D eigenvalue weighted by atomic mass is 10.1. The molecule has 2 heterocycles. The van der Waals surface area contributed by atoms with Gasteiger partial charge in [0.2, 0.25) is 0 Å². The second kappa shape index (κ2) is 5.04. The molecule has 1 aromatic carbocycles. The Morgan fingerprint density at radius 1 is 1.22 bits per heavy atom. The van der Waals surface area contributed by atoms with E-state index in [1.807, 2.05) is 0 Å². The molecule has 1 fully saturated rings. The van der Waals surface area contributed by atoms with E-state index in [4.69, 9.17) is 9.72 Å². The predicted octanol–water partition coefficient (Wildman–Crippen LogP) is 2.59. The van der Waals surface area contributed by atoms with Crippen LogP contribution in [0.25, 0.3) is 10.9 Å². The number of aromatic nitrogens is 1. The van der Waals surface area contributed by atoms with Crippen molar-refractivity contribution in [3.05, 3.63) is 41.6 Å². The van der Waals surface area contributed by atoms with Crippen molar-refractivity contribution in [3.8, 4) is 0 Å². The van der Waals surface area contributed by atoms with Gasteiger partial charge in [0, 0.05) is 18.5 Å². The summed E-state index contributed by atoms with van der Waals surface area (Å²) in [7, 11) is 0. The van der Waals surface area contributed by atoms with Gasteiger partial charge in [-0.2, -0.15) is 0 Å². The van der Waals surface area contributed by atoms with Crippen LogP contribution >= 0.6 is 0 Å². The molecule has 94 valence electrons. The monoisotopic (exact) mass is 242 g/mol. The molecule has 1 aliphatic rings. The molecule has 0 radical (unpaired) electrons. The van der Waals surface area contributed by atoms with Crippen LogP contribution in [0.2, 0.25) is 0 Å². The minimum Gasteiger partial charge on any atom is -0.380 e. The summed E-state index contributed by atoms with van der Waals surface area (Å²) in [6.07, 6.45) is 0.990. The minimum absolute atomic E-state index is 0.316. The Hall–Kier alpha value is -1.45. The second-order valence-corrected chi connectivity index (χ2v) is 4.79. The van der Waals surface area contributed by atoms with Crippen LogP contribution in [0.3, 0.4) is 0 Å². The number of hydrogen-bond acceptors (Lipinski definition) is 3. The van der Waals surface area contributed by atoms with Crippen molar-refractivity contribution in [1.82, 2.24) is 10.3 Å². The number of fused-ring (bicyclic) bond motifs is 1. The molecule has 3 nitrogen and oxygen atoms in total. The zero-order valence-corrected chi connectivity index (χ0v) is 10.6. The molecule has 0 amide bonds. The largest absolute Gasteiger partial charge is 0.380 e. The van der Waals surface area contributed by atoms with Crippen molar-refractivity contribution in [2.24, 2.45) is 0 Å². The summed E-state index contributed by atoms with van der Waals surface area (Å²) < 4.78 is 5.47. The van der Waals surface area contributed by atoms with Crippen LogP contribution in [-0.2, 0) is 4.74 Å². The van der Waals surface area contributed by atoms with Crippen LogP contribution in [0.4, 0.5) is 0 Å². The quantitative estimate of drug-likeness (QED) is 0.834. The molecule has 1 aromatic heterocycles. The molecule has 0 saturated carbocycles. The molecule has 1 aliphatic heterocycles. The van der Waals surface area contributed by atoms with Gasteiger partial charge in [-0.25, -0.2) is 0 Å². The lowest BCUT2D eigenvalue weighted by molar-refractivity contribution is 0.150. The summed E-state index contributed by atoms with van der Waals surface area (Å²) >= 11 is 0. The number of pyridine rings is 1. The highest BCUT2D eigenvalue weighted by Crippen LogP contribution is 2.22. The number of rotatable bonds is 1. The summed E-state index contributed by atoms with van der Waals surface area (Å²) in [4.78, 5) is 4.82. The predicted molar refractivity (Wildman–Crippen MR) is 72.7 cm³/mol. The molecule has 2 aromatic rings. The molecule has 3 heteroatoms. The molecule has 3 rings (SSSR count). The maximum atomic E-state index is 5.47. The highest BCUT2D eigenvalue weighted by Gasteiger charge is 2.15. The number of benzene rings is 1. The second-order valence-electron chi connectivity index (χ2n) is 4.79. The van der Waals surface area contributed by atoms with Gasteiger partial charge in [0.1, 0.15) is 0 Å². The van der Waals surface area contributed by atoms with Crippen LogP contribution in [0.1, 0.15) is 23.7 Å². The third-order valence-corrected chi connectivity index (χ3v) is 3.49. The fourth-order valence-electron chi connectivity index (χ4n) is 2.47. The smallest absolute Gasteiger partial charge is 0.0735 e. The minimum atomic E-state index is 0.316. The van der Waals surface area contributed by atoms with Crippen molar-refractivity contribution in [3.63, 3.8) is 0 Å². The summed E-state index contributed by atoms with van der Waals surface area (Å²) in [6, 6.07) is 10.9. The topological polar surface area (TPSA) is 34.1 Å². The van der Waals surface area contributed by atoms with Crippen molar-refractivity contribution < 1.29 is 4.74 Å². The third kappa shape index (κ3) is 2.24. The summed E-state index contributed by atoms with van der Waals surface area (Å²) in [5.74, 6) is 0. The van der Waals surface area contributed by atoms with Crippen LogP contribution in [0.5, 0.6) is 0 Å². The van der Waals surface area contributed by atoms with E-state index in [2.05, 4.69) is 42.6 Å². The average molecular weight is 242 g/mol. The van der Waals surface area contributed by atoms with Gasteiger partial charge >= 0.3 is 0 Å². The van der Waals surface area contributed by atoms with E-state index in [1.165, 1.54) is 10.9 Å². The van der Waals surface area contributed by atoms with Crippen molar-refractivity contribution >= 4 is 10.9 Å². The number of aryl methyl sites for hydroxylation is 1. The summed E-state index contributed by atoms with van der Waals surface area (Å²) in [5, 5.41) is 4.71. The zero-order valence-electron chi connectivity index (χ0n) is 10.6. The van der Waals surface area contributed by atoms with Gasteiger partial charge in [0.15, 0.2) is 0 Å². The zero-order chi connectivity index (χ0) is 12.4. The maximum absolute atomic E-state index is 5.47. The molecule has 1 unspecified atom stereocenters. The first-order valence-electron chi connectivity index (χ1n) is 6.52. The van der Waals surface area contributed by atoms with E-state index in [-0.39, 0.29) is 0 Å². The first kappa shape index (κ1) is 11.6. The first-order valence-corrected chi connectivity index (χ1v) is 6.52. The van der Waals surface area contributed by atoms with Crippen LogP contribution in [0, 0.1) is 6.92 Å². The molecule has 1 saturated heterocycles. The van der Waals surface area contributed by atoms with Crippen molar-refractivity contribution in [2.45, 2.75) is 19.4 Å². The lowest BCUT2D eigenvalue weighted by Crippen LogP contribution is -2.22. The molecule has 1 atom stereocenters. The van der Waals surface area contributed by atoms with Gasteiger partial charge in [-0.05, 0) is 25.0 Å². The van der Waals surface area contributed by atoms with Crippen LogP contribution < -0.4 is 5.32 Å². The van der Waals surface area contributed by atoms with Crippen molar-refractivity contribution in [2.75, 3.05) is 19.8 Å². The molecule has 0 bridgehead atoms. The Kier molecular flexibility index (Phi) is 3.26. The average Bonchev–Trinajstić information content (AvgIpc) is 2.68. The van der Waals surface area contributed by atoms with Gasteiger partial charge in [-0.15, -0.1) is 0 Å². The first-order chi connectivity index (χ1) is 8.84. The highest BCUT2D eigenvalue weighted by atomic mass is 16.5. The van der Waals surface area contributed by atoms with Gasteiger partial charge in [-0.3, -0.25) is 4.98 Å². The number of nitrogens with zero attached hydrogens (tertiary/aromatic N) is 1. The maximum Gasteiger partial charge on any atom is 0.0735 e.